The molecule has 9 nitrogen and oxygen atoms in total. The molecule has 4 atom stereocenters. The number of nitriles is 1. The predicted molar refractivity (Wildman–Crippen MR) is 127 cm³/mol. The second kappa shape index (κ2) is 9.79. The first-order valence-electron chi connectivity index (χ1n) is 13.1. The van der Waals surface area contributed by atoms with Crippen LogP contribution in [0.25, 0.3) is 0 Å². The van der Waals surface area contributed by atoms with E-state index in [4.69, 9.17) is 4.74 Å². The van der Waals surface area contributed by atoms with E-state index in [9.17, 15) is 24.4 Å². The Labute approximate surface area is 207 Å². The van der Waals surface area contributed by atoms with Crippen LogP contribution in [0.2, 0.25) is 0 Å². The first-order valence-corrected chi connectivity index (χ1v) is 13.1. The Morgan fingerprint density at radius 1 is 1.14 bits per heavy atom. The summed E-state index contributed by atoms with van der Waals surface area (Å²) in [5.74, 6) is -0.159. The molecule has 2 saturated heterocycles. The van der Waals surface area contributed by atoms with Crippen molar-refractivity contribution in [3.8, 4) is 6.07 Å². The van der Waals surface area contributed by atoms with Crippen molar-refractivity contribution < 1.29 is 23.9 Å². The Morgan fingerprint density at radius 3 is 2.49 bits per heavy atom. The maximum atomic E-state index is 13.8. The van der Waals surface area contributed by atoms with Gasteiger partial charge in [0, 0.05) is 25.4 Å². The predicted octanol–water partition coefficient (Wildman–Crippen LogP) is 2.92. The summed E-state index contributed by atoms with van der Waals surface area (Å²) < 4.78 is 5.59. The highest BCUT2D eigenvalue weighted by molar-refractivity contribution is 5.96. The number of amides is 3. The summed E-state index contributed by atoms with van der Waals surface area (Å²) in [6.07, 6.45) is 6.32. The van der Waals surface area contributed by atoms with Crippen molar-refractivity contribution >= 4 is 23.7 Å². The average Bonchev–Trinajstić information content (AvgIpc) is 3.21. The number of hydrogen-bond acceptors (Lipinski definition) is 6. The van der Waals surface area contributed by atoms with Crippen LogP contribution in [0, 0.1) is 23.2 Å². The van der Waals surface area contributed by atoms with Gasteiger partial charge in [-0.15, -0.1) is 0 Å². The summed E-state index contributed by atoms with van der Waals surface area (Å²) in [5.41, 5.74) is -1.63. The van der Waals surface area contributed by atoms with E-state index in [1.807, 2.05) is 0 Å². The molecule has 0 aromatic rings. The van der Waals surface area contributed by atoms with Crippen LogP contribution in [0.4, 0.5) is 4.79 Å². The van der Waals surface area contributed by atoms with Crippen LogP contribution in [0.3, 0.4) is 0 Å². The summed E-state index contributed by atoms with van der Waals surface area (Å²) >= 11 is 0. The molecule has 2 aliphatic heterocycles. The number of rotatable bonds is 7. The molecule has 2 aliphatic carbocycles. The zero-order valence-electron chi connectivity index (χ0n) is 21.2. The number of ether oxygens (including phenoxy) is 1. The van der Waals surface area contributed by atoms with Crippen molar-refractivity contribution in [2.75, 3.05) is 13.1 Å². The van der Waals surface area contributed by atoms with Crippen LogP contribution < -0.4 is 5.32 Å². The number of nitrogens with zero attached hydrogens (tertiary/aromatic N) is 3. The smallest absolute Gasteiger partial charge is 0.411 e. The Morgan fingerprint density at radius 2 is 1.89 bits per heavy atom. The summed E-state index contributed by atoms with van der Waals surface area (Å²) in [5, 5.41) is 12.5. The van der Waals surface area contributed by atoms with Crippen molar-refractivity contribution in [3.63, 3.8) is 0 Å². The average molecular weight is 487 g/mol. The fourth-order valence-electron chi connectivity index (χ4n) is 5.90. The molecule has 0 radical (unpaired) electrons. The van der Waals surface area contributed by atoms with Crippen molar-refractivity contribution in [2.45, 2.75) is 108 Å². The lowest BCUT2D eigenvalue weighted by Crippen LogP contribution is -2.57. The van der Waals surface area contributed by atoms with Gasteiger partial charge >= 0.3 is 6.09 Å². The van der Waals surface area contributed by atoms with Gasteiger partial charge in [0.05, 0.1) is 6.07 Å². The Balaban J connectivity index is 1.48. The molecule has 0 aromatic heterocycles. The molecule has 4 fully saturated rings. The van der Waals surface area contributed by atoms with Crippen molar-refractivity contribution in [2.24, 2.45) is 11.8 Å². The van der Waals surface area contributed by atoms with Gasteiger partial charge in [0.15, 0.2) is 0 Å². The SMILES string of the molecule is CC(C)(C)OC(=O)N1CCCC12CCN([C@@H](CC1CC1)C(=O)N[C@H](C#N)C[C@@H]1CCCC1=O)C2=O. The highest BCUT2D eigenvalue weighted by Crippen LogP contribution is 2.42. The number of carbonyl (C=O) groups excluding carboxylic acids is 4. The molecule has 2 saturated carbocycles. The molecule has 4 aliphatic rings. The van der Waals surface area contributed by atoms with Crippen LogP contribution in [0.1, 0.15) is 85.0 Å². The molecule has 2 heterocycles. The molecule has 35 heavy (non-hydrogen) atoms. The minimum atomic E-state index is -0.963. The van der Waals surface area contributed by atoms with E-state index in [2.05, 4.69) is 11.4 Å². The summed E-state index contributed by atoms with van der Waals surface area (Å²) in [4.78, 5) is 55.4. The molecule has 1 N–H and O–H groups in total. The van der Waals surface area contributed by atoms with Gasteiger partial charge in [-0.25, -0.2) is 4.79 Å². The standard InChI is InChI=1S/C26H38N4O5/c1-25(2,3)35-24(34)30-12-5-10-26(30)11-13-29(23(26)33)20(14-17-8-9-17)22(32)28-19(16-27)15-18-6-4-7-21(18)31/h17-20H,4-15H2,1-3H3,(H,28,32)/t18-,19-,20-,26?/m0/s1. The second-order valence-electron chi connectivity index (χ2n) is 11.7. The molecular formula is C26H38N4O5. The highest BCUT2D eigenvalue weighted by atomic mass is 16.6. The number of hydrogen-bond donors (Lipinski definition) is 1. The minimum absolute atomic E-state index is 0.161. The van der Waals surface area contributed by atoms with Crippen LogP contribution in [-0.2, 0) is 19.1 Å². The molecule has 0 aromatic carbocycles. The van der Waals surface area contributed by atoms with E-state index in [1.54, 1.807) is 30.6 Å². The monoisotopic (exact) mass is 486 g/mol. The van der Waals surface area contributed by atoms with Crippen molar-refractivity contribution in [1.29, 1.82) is 5.26 Å². The van der Waals surface area contributed by atoms with E-state index >= 15 is 0 Å². The minimum Gasteiger partial charge on any atom is -0.444 e. The third kappa shape index (κ3) is 5.46. The van der Waals surface area contributed by atoms with E-state index in [0.29, 0.717) is 57.5 Å². The summed E-state index contributed by atoms with van der Waals surface area (Å²) in [6, 6.07) is 0.709. The zero-order chi connectivity index (χ0) is 25.4. The van der Waals surface area contributed by atoms with Gasteiger partial charge in [0.2, 0.25) is 11.8 Å². The number of ketones is 1. The van der Waals surface area contributed by atoms with Gasteiger partial charge < -0.3 is 15.0 Å². The fourth-order valence-corrected chi connectivity index (χ4v) is 5.90. The van der Waals surface area contributed by atoms with Crippen LogP contribution in [-0.4, -0.2) is 69.8 Å². The Bertz CT molecular complexity index is 918. The quantitative estimate of drug-likeness (QED) is 0.591. The summed E-state index contributed by atoms with van der Waals surface area (Å²) in [6.45, 7) is 6.26. The zero-order valence-corrected chi connectivity index (χ0v) is 21.2. The maximum absolute atomic E-state index is 13.8. The Kier molecular flexibility index (Phi) is 7.12. The van der Waals surface area contributed by atoms with Gasteiger partial charge in [-0.05, 0) is 71.6 Å². The first-order chi connectivity index (χ1) is 16.5. The topological polar surface area (TPSA) is 120 Å². The fraction of sp³-hybridized carbons (Fsp3) is 0.808. The molecule has 3 amide bonds. The van der Waals surface area contributed by atoms with E-state index in [1.165, 1.54) is 0 Å². The molecule has 9 heteroatoms. The van der Waals surface area contributed by atoms with E-state index < -0.39 is 29.3 Å². The molecule has 0 bridgehead atoms. The number of Topliss-reactive ketones (excluding diaryl/α,β-unsaturated/α-hetero) is 1. The van der Waals surface area contributed by atoms with Gasteiger partial charge in [0.25, 0.3) is 0 Å². The van der Waals surface area contributed by atoms with Crippen LogP contribution in [0.5, 0.6) is 0 Å². The van der Waals surface area contributed by atoms with Gasteiger partial charge in [-0.1, -0.05) is 12.8 Å². The third-order valence-electron chi connectivity index (χ3n) is 7.88. The summed E-state index contributed by atoms with van der Waals surface area (Å²) in [7, 11) is 0. The highest BCUT2D eigenvalue weighted by Gasteiger charge is 2.58. The first kappa shape index (κ1) is 25.5. The van der Waals surface area contributed by atoms with Crippen LogP contribution >= 0.6 is 0 Å². The largest absolute Gasteiger partial charge is 0.444 e. The van der Waals surface area contributed by atoms with Gasteiger partial charge in [0.1, 0.15) is 29.0 Å². The lowest BCUT2D eigenvalue weighted by Gasteiger charge is -2.36. The number of carbonyl (C=O) groups is 4. The Hall–Kier alpha value is -2.63. The third-order valence-corrected chi connectivity index (χ3v) is 7.88. The second-order valence-corrected chi connectivity index (χ2v) is 11.7. The van der Waals surface area contributed by atoms with Crippen molar-refractivity contribution in [3.05, 3.63) is 0 Å². The number of nitrogens with one attached hydrogen (secondary N) is 1. The molecule has 1 spiro atoms. The molecular weight excluding hydrogens is 448 g/mol. The number of likely N-dealkylation sites (tertiary alicyclic amines) is 2. The lowest BCUT2D eigenvalue weighted by atomic mass is 9.94. The van der Waals surface area contributed by atoms with E-state index in [0.717, 1.165) is 25.7 Å². The maximum Gasteiger partial charge on any atom is 0.411 e. The van der Waals surface area contributed by atoms with Gasteiger partial charge in [-0.3, -0.25) is 19.3 Å². The lowest BCUT2D eigenvalue weighted by molar-refractivity contribution is -0.143. The van der Waals surface area contributed by atoms with Gasteiger partial charge in [-0.2, -0.15) is 5.26 Å². The molecule has 4 rings (SSSR count). The molecule has 192 valence electrons. The van der Waals surface area contributed by atoms with Crippen LogP contribution in [0.15, 0.2) is 0 Å². The van der Waals surface area contributed by atoms with E-state index in [-0.39, 0.29) is 23.5 Å². The normalized spacial score (nSPS) is 28.3. The van der Waals surface area contributed by atoms with Crippen molar-refractivity contribution in [1.82, 2.24) is 15.1 Å². The molecule has 1 unspecified atom stereocenters.